The third-order valence-electron chi connectivity index (χ3n) is 4.90. The fraction of sp³-hybridized carbons (Fsp3) is 0.800. The van der Waals surface area contributed by atoms with Gasteiger partial charge in [0.1, 0.15) is 5.78 Å². The molecule has 0 spiro atoms. The van der Waals surface area contributed by atoms with E-state index in [-0.39, 0.29) is 5.92 Å². The smallest absolute Gasteiger partial charge is 0.332 e. The molecule has 0 aromatic carbocycles. The number of unbranched alkanes of at least 4 members (excludes halogenated alkanes) is 4. The molecule has 0 radical (unpaired) electrons. The van der Waals surface area contributed by atoms with Crippen LogP contribution in [0.4, 0.5) is 0 Å². The third kappa shape index (κ3) is 7.97. The van der Waals surface area contributed by atoms with Gasteiger partial charge in [0.2, 0.25) is 0 Å². The lowest BCUT2D eigenvalue weighted by molar-refractivity contribution is -0.146. The van der Waals surface area contributed by atoms with Crippen LogP contribution in [0.3, 0.4) is 0 Å². The molecule has 3 atom stereocenters. The molecular formula is C20H32O4. The second-order valence-corrected chi connectivity index (χ2v) is 6.86. The van der Waals surface area contributed by atoms with E-state index in [1.54, 1.807) is 0 Å². The highest BCUT2D eigenvalue weighted by Crippen LogP contribution is 2.36. The Labute approximate surface area is 146 Å². The molecule has 4 nitrogen and oxygen atoms in total. The largest absolute Gasteiger partial charge is 0.479 e. The number of aliphatic hydroxyl groups is 1. The van der Waals surface area contributed by atoms with Crippen molar-refractivity contribution in [1.29, 1.82) is 0 Å². The fourth-order valence-corrected chi connectivity index (χ4v) is 3.48. The van der Waals surface area contributed by atoms with Crippen LogP contribution in [0.15, 0.2) is 0 Å². The van der Waals surface area contributed by atoms with Gasteiger partial charge >= 0.3 is 5.97 Å². The van der Waals surface area contributed by atoms with E-state index in [1.807, 2.05) is 0 Å². The second-order valence-electron chi connectivity index (χ2n) is 6.86. The fourth-order valence-electron chi connectivity index (χ4n) is 3.48. The van der Waals surface area contributed by atoms with Crippen molar-refractivity contribution in [2.45, 2.75) is 90.1 Å². The van der Waals surface area contributed by atoms with Crippen LogP contribution in [0.1, 0.15) is 84.0 Å². The van der Waals surface area contributed by atoms with Crippen molar-refractivity contribution in [2.24, 2.45) is 11.8 Å². The minimum absolute atomic E-state index is 0.193. The minimum atomic E-state index is -1.25. The summed E-state index contributed by atoms with van der Waals surface area (Å²) < 4.78 is 0. The monoisotopic (exact) mass is 336 g/mol. The average Bonchev–Trinajstić information content (AvgIpc) is 2.90. The number of aliphatic hydroxyl groups excluding tert-OH is 1. The highest BCUT2D eigenvalue weighted by atomic mass is 16.4. The molecule has 1 fully saturated rings. The number of hydrogen-bond donors (Lipinski definition) is 2. The topological polar surface area (TPSA) is 74.6 Å². The third-order valence-corrected chi connectivity index (χ3v) is 4.90. The zero-order valence-electron chi connectivity index (χ0n) is 14.9. The summed E-state index contributed by atoms with van der Waals surface area (Å²) in [4.78, 5) is 22.6. The second kappa shape index (κ2) is 12.1. The Morgan fingerprint density at radius 1 is 1.17 bits per heavy atom. The van der Waals surface area contributed by atoms with Crippen molar-refractivity contribution in [3.8, 4) is 11.8 Å². The normalized spacial score (nSPS) is 21.3. The van der Waals surface area contributed by atoms with Crippen molar-refractivity contribution < 1.29 is 19.8 Å². The van der Waals surface area contributed by atoms with Gasteiger partial charge in [-0.1, -0.05) is 26.2 Å². The summed E-state index contributed by atoms with van der Waals surface area (Å²) in [5.74, 6) is 6.33. The Bertz CT molecular complexity index is 446. The number of aliphatic carboxylic acids is 1. The van der Waals surface area contributed by atoms with Crippen LogP contribution in [-0.4, -0.2) is 28.1 Å². The molecule has 4 heteroatoms. The molecule has 0 saturated heterocycles. The van der Waals surface area contributed by atoms with E-state index in [0.29, 0.717) is 31.0 Å². The van der Waals surface area contributed by atoms with Gasteiger partial charge in [-0.3, -0.25) is 4.79 Å². The summed E-state index contributed by atoms with van der Waals surface area (Å²) in [5, 5.41) is 17.9. The summed E-state index contributed by atoms with van der Waals surface area (Å²) in [6, 6.07) is 0. The molecule has 136 valence electrons. The van der Waals surface area contributed by atoms with Crippen molar-refractivity contribution in [3.05, 3.63) is 0 Å². The SMILES string of the molecule is CCCC#CCCC[C@H]1CCC(=O)[C@@H]1CCCCCC(O)C(=O)O. The van der Waals surface area contributed by atoms with E-state index in [9.17, 15) is 14.7 Å². The number of carbonyl (C=O) groups is 2. The van der Waals surface area contributed by atoms with E-state index < -0.39 is 12.1 Å². The molecule has 1 aliphatic rings. The van der Waals surface area contributed by atoms with Gasteiger partial charge in [-0.05, 0) is 44.4 Å². The van der Waals surface area contributed by atoms with Crippen molar-refractivity contribution in [2.75, 3.05) is 0 Å². The Morgan fingerprint density at radius 3 is 2.62 bits per heavy atom. The lowest BCUT2D eigenvalue weighted by atomic mass is 9.86. The quantitative estimate of drug-likeness (QED) is 0.442. The standard InChI is InChI=1S/C20H32O4/c1-2-3-4-5-6-8-11-16-14-15-18(21)17(16)12-9-7-10-13-19(22)20(23)24/h16-17,19,22H,2-3,6-15H2,1H3,(H,23,24)/t16-,17+,19?/m0/s1. The van der Waals surface area contributed by atoms with Crippen LogP contribution in [0, 0.1) is 23.7 Å². The summed E-state index contributed by atoms with van der Waals surface area (Å²) >= 11 is 0. The summed E-state index contributed by atoms with van der Waals surface area (Å²) in [7, 11) is 0. The Balaban J connectivity index is 2.20. The highest BCUT2D eigenvalue weighted by Gasteiger charge is 2.33. The summed E-state index contributed by atoms with van der Waals surface area (Å²) in [6.45, 7) is 2.13. The number of hydrogen-bond acceptors (Lipinski definition) is 3. The number of rotatable bonds is 11. The number of carboxylic acid groups (broad SMARTS) is 1. The summed E-state index contributed by atoms with van der Waals surface area (Å²) in [5.41, 5.74) is 0. The maximum atomic E-state index is 12.1. The van der Waals surface area contributed by atoms with E-state index >= 15 is 0 Å². The Kier molecular flexibility index (Phi) is 10.4. The number of carbonyl (C=O) groups excluding carboxylic acids is 1. The van der Waals surface area contributed by atoms with Crippen LogP contribution in [0.5, 0.6) is 0 Å². The van der Waals surface area contributed by atoms with Crippen LogP contribution in [0.25, 0.3) is 0 Å². The molecule has 0 aromatic heterocycles. The zero-order valence-corrected chi connectivity index (χ0v) is 14.9. The zero-order chi connectivity index (χ0) is 17.8. The van der Waals surface area contributed by atoms with Crippen LogP contribution >= 0.6 is 0 Å². The first-order valence-corrected chi connectivity index (χ1v) is 9.45. The van der Waals surface area contributed by atoms with Gasteiger partial charge < -0.3 is 10.2 Å². The van der Waals surface area contributed by atoms with Crippen molar-refractivity contribution >= 4 is 11.8 Å². The van der Waals surface area contributed by atoms with E-state index in [1.165, 1.54) is 0 Å². The molecule has 1 rings (SSSR count). The number of ketones is 1. The molecule has 0 aliphatic heterocycles. The van der Waals surface area contributed by atoms with Crippen LogP contribution in [-0.2, 0) is 9.59 Å². The highest BCUT2D eigenvalue weighted by molar-refractivity contribution is 5.83. The van der Waals surface area contributed by atoms with Gasteiger partial charge in [-0.2, -0.15) is 0 Å². The molecule has 1 aliphatic carbocycles. The minimum Gasteiger partial charge on any atom is -0.479 e. The van der Waals surface area contributed by atoms with Gasteiger partial charge in [0.25, 0.3) is 0 Å². The van der Waals surface area contributed by atoms with Gasteiger partial charge in [-0.25, -0.2) is 4.79 Å². The molecule has 0 heterocycles. The molecule has 24 heavy (non-hydrogen) atoms. The first kappa shape index (κ1) is 20.7. The lowest BCUT2D eigenvalue weighted by Gasteiger charge is -2.18. The first-order valence-electron chi connectivity index (χ1n) is 9.45. The Hall–Kier alpha value is -1.34. The van der Waals surface area contributed by atoms with Crippen LogP contribution < -0.4 is 0 Å². The molecule has 1 unspecified atom stereocenters. The van der Waals surface area contributed by atoms with Gasteiger partial charge in [0, 0.05) is 25.2 Å². The van der Waals surface area contributed by atoms with E-state index in [0.717, 1.165) is 57.8 Å². The van der Waals surface area contributed by atoms with Gasteiger partial charge in [0.15, 0.2) is 6.10 Å². The van der Waals surface area contributed by atoms with E-state index in [4.69, 9.17) is 5.11 Å². The molecule has 0 bridgehead atoms. The predicted molar refractivity (Wildman–Crippen MR) is 94.5 cm³/mol. The molecule has 2 N–H and O–H groups in total. The number of Topliss-reactive ketones (excluding diaryl/α,β-unsaturated/α-hetero) is 1. The predicted octanol–water partition coefficient (Wildman–Crippen LogP) is 3.95. The molecule has 0 aromatic rings. The van der Waals surface area contributed by atoms with E-state index in [2.05, 4.69) is 18.8 Å². The molecule has 0 amide bonds. The molecule has 1 saturated carbocycles. The maximum absolute atomic E-state index is 12.1. The average molecular weight is 336 g/mol. The Morgan fingerprint density at radius 2 is 1.92 bits per heavy atom. The number of carboxylic acids is 1. The van der Waals surface area contributed by atoms with Gasteiger partial charge in [-0.15, -0.1) is 11.8 Å². The van der Waals surface area contributed by atoms with Crippen LogP contribution in [0.2, 0.25) is 0 Å². The van der Waals surface area contributed by atoms with Crippen molar-refractivity contribution in [1.82, 2.24) is 0 Å². The first-order chi connectivity index (χ1) is 11.6. The molecular weight excluding hydrogens is 304 g/mol. The lowest BCUT2D eigenvalue weighted by Crippen LogP contribution is -2.19. The maximum Gasteiger partial charge on any atom is 0.332 e. The van der Waals surface area contributed by atoms with Gasteiger partial charge in [0.05, 0.1) is 0 Å². The van der Waals surface area contributed by atoms with Crippen molar-refractivity contribution in [3.63, 3.8) is 0 Å². The summed E-state index contributed by atoms with van der Waals surface area (Å²) in [6.07, 6.45) is 9.40.